The van der Waals surface area contributed by atoms with Gasteiger partial charge in [-0.3, -0.25) is 15.1 Å². The number of aromatic nitrogens is 1. The summed E-state index contributed by atoms with van der Waals surface area (Å²) in [5.74, 6) is 0.0798. The molecule has 0 radical (unpaired) electrons. The second kappa shape index (κ2) is 11.6. The van der Waals surface area contributed by atoms with Crippen molar-refractivity contribution in [2.24, 2.45) is 4.99 Å². The van der Waals surface area contributed by atoms with E-state index >= 15 is 0 Å². The number of nitrogens with one attached hydrogen (secondary N) is 3. The zero-order chi connectivity index (χ0) is 26.3. The van der Waals surface area contributed by atoms with Crippen molar-refractivity contribution < 1.29 is 23.8 Å². The molecule has 4 N–H and O–H groups in total. The number of carbonyl (C=O) groups excluding carboxylic acids is 1. The third-order valence-electron chi connectivity index (χ3n) is 6.21. The van der Waals surface area contributed by atoms with E-state index in [1.54, 1.807) is 12.1 Å². The molecular formula is C28H29N5O5. The van der Waals surface area contributed by atoms with Crippen LogP contribution in [0, 0.1) is 0 Å². The predicted octanol–water partition coefficient (Wildman–Crippen LogP) is 3.71. The van der Waals surface area contributed by atoms with Crippen LogP contribution in [0.1, 0.15) is 24.8 Å². The average molecular weight is 516 g/mol. The molecule has 10 nitrogen and oxygen atoms in total. The third-order valence-corrected chi connectivity index (χ3v) is 6.21. The van der Waals surface area contributed by atoms with Gasteiger partial charge in [0.2, 0.25) is 5.91 Å². The number of aliphatic carboxylic acids is 1. The van der Waals surface area contributed by atoms with E-state index in [2.05, 4.69) is 25.9 Å². The van der Waals surface area contributed by atoms with Crippen molar-refractivity contribution in [3.8, 4) is 5.75 Å². The Balaban J connectivity index is 1.13. The van der Waals surface area contributed by atoms with Crippen LogP contribution < -0.4 is 20.7 Å². The summed E-state index contributed by atoms with van der Waals surface area (Å²) in [4.78, 5) is 32.7. The molecule has 1 aliphatic heterocycles. The summed E-state index contributed by atoms with van der Waals surface area (Å²) in [7, 11) is 0. The summed E-state index contributed by atoms with van der Waals surface area (Å²) in [5, 5.41) is 20.5. The Kier molecular flexibility index (Phi) is 7.67. The average Bonchev–Trinajstić information content (AvgIpc) is 3.35. The number of ether oxygens (including phenoxy) is 1. The van der Waals surface area contributed by atoms with Gasteiger partial charge in [-0.15, -0.1) is 0 Å². The van der Waals surface area contributed by atoms with Crippen LogP contribution in [0.5, 0.6) is 5.75 Å². The lowest BCUT2D eigenvalue weighted by Gasteiger charge is -2.15. The van der Waals surface area contributed by atoms with Gasteiger partial charge < -0.3 is 24.9 Å². The second-order valence-corrected chi connectivity index (χ2v) is 9.05. The van der Waals surface area contributed by atoms with Gasteiger partial charge in [0.25, 0.3) is 6.01 Å². The largest absolute Gasteiger partial charge is 0.494 e. The molecule has 1 unspecified atom stereocenters. The maximum atomic E-state index is 12.0. The lowest BCUT2D eigenvalue weighted by molar-refractivity contribution is -0.138. The standard InChI is InChI=1S/C28H29N5O5/c34-24(32-27-29-14-4-15-30-27)7-3-16-37-20-11-8-18(9-12-20)17-22(26(35)36)31-28-33-25-21-6-2-1-5-19(21)10-13-23(25)38-28/h1-2,5-6,8-13,22H,3-4,7,14-17H2,(H,31,33)(H,35,36)(H2,29,30,32,34). The fourth-order valence-corrected chi connectivity index (χ4v) is 4.26. The van der Waals surface area contributed by atoms with E-state index in [1.165, 1.54) is 0 Å². The van der Waals surface area contributed by atoms with Crippen LogP contribution >= 0.6 is 0 Å². The van der Waals surface area contributed by atoms with Crippen LogP contribution in [-0.2, 0) is 16.0 Å². The number of anilines is 1. The number of hydrogen-bond donors (Lipinski definition) is 4. The van der Waals surface area contributed by atoms with Crippen molar-refractivity contribution in [3.63, 3.8) is 0 Å². The molecule has 0 bridgehead atoms. The summed E-state index contributed by atoms with van der Waals surface area (Å²) >= 11 is 0. The zero-order valence-corrected chi connectivity index (χ0v) is 20.8. The van der Waals surface area contributed by atoms with Crippen molar-refractivity contribution in [3.05, 3.63) is 66.2 Å². The highest BCUT2D eigenvalue weighted by Gasteiger charge is 2.21. The van der Waals surface area contributed by atoms with Crippen molar-refractivity contribution >= 4 is 45.7 Å². The summed E-state index contributed by atoms with van der Waals surface area (Å²) in [6.45, 7) is 1.92. The van der Waals surface area contributed by atoms with Gasteiger partial charge in [0.05, 0.1) is 6.61 Å². The number of hydrogen-bond acceptors (Lipinski definition) is 8. The number of fused-ring (bicyclic) bond motifs is 3. The number of rotatable bonds is 10. The maximum absolute atomic E-state index is 12.0. The normalized spacial score (nSPS) is 13.9. The van der Waals surface area contributed by atoms with Crippen molar-refractivity contribution in [1.82, 2.24) is 15.6 Å². The summed E-state index contributed by atoms with van der Waals surface area (Å²) in [6, 6.07) is 18.1. The molecule has 1 aliphatic rings. The van der Waals surface area contributed by atoms with E-state index in [0.29, 0.717) is 42.3 Å². The number of carbonyl (C=O) groups is 2. The third kappa shape index (κ3) is 6.20. The number of amides is 1. The minimum Gasteiger partial charge on any atom is -0.494 e. The first-order valence-corrected chi connectivity index (χ1v) is 12.6. The van der Waals surface area contributed by atoms with Crippen LogP contribution in [0.25, 0.3) is 21.9 Å². The number of nitrogens with zero attached hydrogens (tertiary/aromatic N) is 2. The van der Waals surface area contributed by atoms with Gasteiger partial charge in [0.15, 0.2) is 11.5 Å². The molecule has 38 heavy (non-hydrogen) atoms. The predicted molar refractivity (Wildman–Crippen MR) is 145 cm³/mol. The van der Waals surface area contributed by atoms with Gasteiger partial charge in [-0.05, 0) is 42.0 Å². The molecule has 4 aromatic rings. The molecule has 196 valence electrons. The first-order valence-electron chi connectivity index (χ1n) is 12.6. The number of guanidine groups is 1. The van der Waals surface area contributed by atoms with Gasteiger partial charge in [-0.2, -0.15) is 4.98 Å². The molecule has 10 heteroatoms. The number of carboxylic acid groups (broad SMARTS) is 1. The van der Waals surface area contributed by atoms with E-state index in [4.69, 9.17) is 9.15 Å². The highest BCUT2D eigenvalue weighted by atomic mass is 16.5. The van der Waals surface area contributed by atoms with E-state index in [1.807, 2.05) is 48.5 Å². The van der Waals surface area contributed by atoms with Crippen LogP contribution in [0.3, 0.4) is 0 Å². The van der Waals surface area contributed by atoms with E-state index in [0.717, 1.165) is 35.8 Å². The van der Waals surface area contributed by atoms with Crippen LogP contribution in [0.2, 0.25) is 0 Å². The minimum absolute atomic E-state index is 0.101. The van der Waals surface area contributed by atoms with Crippen LogP contribution in [0.4, 0.5) is 6.01 Å². The monoisotopic (exact) mass is 515 g/mol. The van der Waals surface area contributed by atoms with Crippen LogP contribution in [0.15, 0.2) is 70.1 Å². The van der Waals surface area contributed by atoms with Gasteiger partial charge in [0.1, 0.15) is 17.3 Å². The van der Waals surface area contributed by atoms with Gasteiger partial charge >= 0.3 is 5.97 Å². The fourth-order valence-electron chi connectivity index (χ4n) is 4.26. The molecule has 3 aromatic carbocycles. The second-order valence-electron chi connectivity index (χ2n) is 9.05. The van der Waals surface area contributed by atoms with Crippen molar-refractivity contribution in [2.45, 2.75) is 31.7 Å². The zero-order valence-electron chi connectivity index (χ0n) is 20.8. The summed E-state index contributed by atoms with van der Waals surface area (Å²) < 4.78 is 11.5. The number of benzene rings is 3. The first kappa shape index (κ1) is 25.1. The van der Waals surface area contributed by atoms with E-state index in [9.17, 15) is 14.7 Å². The highest BCUT2D eigenvalue weighted by Crippen LogP contribution is 2.27. The molecule has 1 atom stereocenters. The van der Waals surface area contributed by atoms with Gasteiger partial charge in [-0.1, -0.05) is 42.5 Å². The first-order chi connectivity index (χ1) is 18.5. The molecule has 0 saturated heterocycles. The minimum atomic E-state index is -1.01. The lowest BCUT2D eigenvalue weighted by atomic mass is 10.1. The Morgan fingerprint density at radius 3 is 2.74 bits per heavy atom. The molecule has 0 spiro atoms. The van der Waals surface area contributed by atoms with Crippen molar-refractivity contribution in [2.75, 3.05) is 25.0 Å². The van der Waals surface area contributed by atoms with Crippen LogP contribution in [-0.4, -0.2) is 53.7 Å². The summed E-state index contributed by atoms with van der Waals surface area (Å²) in [6.07, 6.45) is 2.09. The molecule has 0 fully saturated rings. The Morgan fingerprint density at radius 1 is 1.11 bits per heavy atom. The van der Waals surface area contributed by atoms with Gasteiger partial charge in [0, 0.05) is 31.3 Å². The van der Waals surface area contributed by atoms with E-state index in [-0.39, 0.29) is 18.3 Å². The lowest BCUT2D eigenvalue weighted by Crippen LogP contribution is -2.43. The Morgan fingerprint density at radius 2 is 1.95 bits per heavy atom. The molecule has 2 heterocycles. The Bertz CT molecular complexity index is 1460. The number of aliphatic imine (C=N–C) groups is 1. The van der Waals surface area contributed by atoms with Gasteiger partial charge in [-0.25, -0.2) is 4.79 Å². The number of oxazole rings is 1. The molecule has 1 amide bonds. The SMILES string of the molecule is O=C(CCCOc1ccc(CC(Nc2nc3c(ccc4ccccc43)o2)C(=O)O)cc1)NC1=NCCCN1. The maximum Gasteiger partial charge on any atom is 0.326 e. The molecule has 5 rings (SSSR count). The highest BCUT2D eigenvalue weighted by molar-refractivity contribution is 6.03. The Hall–Kier alpha value is -4.60. The smallest absolute Gasteiger partial charge is 0.326 e. The molecule has 0 aliphatic carbocycles. The summed E-state index contributed by atoms with van der Waals surface area (Å²) in [5.41, 5.74) is 2.10. The number of carboxylic acids is 1. The molecular weight excluding hydrogens is 486 g/mol. The fraction of sp³-hybridized carbons (Fsp3) is 0.286. The van der Waals surface area contributed by atoms with Crippen molar-refractivity contribution in [1.29, 1.82) is 0 Å². The quantitative estimate of drug-likeness (QED) is 0.235. The van der Waals surface area contributed by atoms with E-state index < -0.39 is 12.0 Å². The topological polar surface area (TPSA) is 138 Å². The molecule has 0 saturated carbocycles. The molecule has 1 aromatic heterocycles. The Labute approximate surface area is 219 Å².